The maximum atomic E-state index is 11.9. The van der Waals surface area contributed by atoms with Gasteiger partial charge in [-0.05, 0) is 31.9 Å². The van der Waals surface area contributed by atoms with E-state index >= 15 is 0 Å². The van der Waals surface area contributed by atoms with Gasteiger partial charge in [-0.25, -0.2) is 4.79 Å². The fraction of sp³-hybridized carbons (Fsp3) is 0.467. The first kappa shape index (κ1) is 16.6. The Balaban J connectivity index is 2.45. The Morgan fingerprint density at radius 1 is 1.48 bits per heavy atom. The smallest absolute Gasteiger partial charge is 0.335 e. The van der Waals surface area contributed by atoms with Gasteiger partial charge in [0.25, 0.3) is 0 Å². The molecule has 1 aromatic heterocycles. The molecule has 6 heteroatoms. The van der Waals surface area contributed by atoms with E-state index in [-0.39, 0.29) is 11.5 Å². The summed E-state index contributed by atoms with van der Waals surface area (Å²) < 4.78 is 0. The summed E-state index contributed by atoms with van der Waals surface area (Å²) in [6.45, 7) is 2.93. The van der Waals surface area contributed by atoms with Crippen molar-refractivity contribution in [3.05, 3.63) is 29.6 Å². The lowest BCUT2D eigenvalue weighted by molar-refractivity contribution is -0.131. The number of hydrogen-bond donors (Lipinski definition) is 1. The number of amides is 1. The van der Waals surface area contributed by atoms with E-state index in [0.29, 0.717) is 44.5 Å². The van der Waals surface area contributed by atoms with E-state index < -0.39 is 5.97 Å². The number of hydrogen-bond acceptors (Lipinski definition) is 4. The molecule has 0 aliphatic heterocycles. The summed E-state index contributed by atoms with van der Waals surface area (Å²) in [6, 6.07) is 5.00. The van der Waals surface area contributed by atoms with Crippen molar-refractivity contribution in [2.45, 2.75) is 32.6 Å². The molecule has 112 valence electrons. The number of carbonyl (C=O) groups is 2. The Kier molecular flexibility index (Phi) is 6.88. The van der Waals surface area contributed by atoms with Crippen LogP contribution in [0.3, 0.4) is 0 Å². The van der Waals surface area contributed by atoms with E-state index in [1.165, 1.54) is 18.3 Å². The fourth-order valence-electron chi connectivity index (χ4n) is 1.97. The molecule has 21 heavy (non-hydrogen) atoms. The highest BCUT2D eigenvalue weighted by atomic mass is 16.4. The SMILES string of the molecule is CCN(CCC#N)C(=O)CCCc1cc(C(=O)O)ccn1. The van der Waals surface area contributed by atoms with Crippen LogP contribution in [-0.2, 0) is 11.2 Å². The van der Waals surface area contributed by atoms with E-state index in [9.17, 15) is 9.59 Å². The van der Waals surface area contributed by atoms with E-state index in [1.54, 1.807) is 4.90 Å². The van der Waals surface area contributed by atoms with Crippen LogP contribution in [0.25, 0.3) is 0 Å². The number of carboxylic acid groups (broad SMARTS) is 1. The molecule has 0 saturated heterocycles. The number of aryl methyl sites for hydroxylation is 1. The van der Waals surface area contributed by atoms with Crippen LogP contribution in [0.2, 0.25) is 0 Å². The van der Waals surface area contributed by atoms with Gasteiger partial charge in [-0.3, -0.25) is 9.78 Å². The lowest BCUT2D eigenvalue weighted by atomic mass is 10.1. The van der Waals surface area contributed by atoms with Crippen molar-refractivity contribution in [2.75, 3.05) is 13.1 Å². The number of nitriles is 1. The molecule has 0 atom stereocenters. The average molecular weight is 289 g/mol. The third-order valence-corrected chi connectivity index (χ3v) is 3.12. The largest absolute Gasteiger partial charge is 0.478 e. The number of aromatic nitrogens is 1. The summed E-state index contributed by atoms with van der Waals surface area (Å²) in [5.74, 6) is -0.967. The second kappa shape index (κ2) is 8.69. The van der Waals surface area contributed by atoms with Gasteiger partial charge in [-0.2, -0.15) is 5.26 Å². The maximum absolute atomic E-state index is 11.9. The van der Waals surface area contributed by atoms with E-state index in [2.05, 4.69) is 4.98 Å². The topological polar surface area (TPSA) is 94.3 Å². The van der Waals surface area contributed by atoms with Crippen LogP contribution >= 0.6 is 0 Å². The normalized spacial score (nSPS) is 9.90. The molecule has 6 nitrogen and oxygen atoms in total. The van der Waals surface area contributed by atoms with Crippen molar-refractivity contribution in [1.29, 1.82) is 5.26 Å². The van der Waals surface area contributed by atoms with Crippen molar-refractivity contribution in [2.24, 2.45) is 0 Å². The predicted molar refractivity (Wildman–Crippen MR) is 76.6 cm³/mol. The second-order valence-corrected chi connectivity index (χ2v) is 4.58. The molecule has 0 aromatic carbocycles. The monoisotopic (exact) mass is 289 g/mol. The summed E-state index contributed by atoms with van der Waals surface area (Å²) in [5.41, 5.74) is 0.873. The molecule has 0 unspecified atom stereocenters. The Bertz CT molecular complexity index is 537. The zero-order valence-electron chi connectivity index (χ0n) is 12.1. The number of carbonyl (C=O) groups excluding carboxylic acids is 1. The number of rotatable bonds is 8. The first-order valence-electron chi connectivity index (χ1n) is 6.91. The van der Waals surface area contributed by atoms with Gasteiger partial charge in [-0.15, -0.1) is 0 Å². The van der Waals surface area contributed by atoms with Gasteiger partial charge >= 0.3 is 5.97 Å². The quantitative estimate of drug-likeness (QED) is 0.788. The Morgan fingerprint density at radius 2 is 2.24 bits per heavy atom. The van der Waals surface area contributed by atoms with Gasteiger partial charge in [0.05, 0.1) is 18.1 Å². The molecule has 0 fully saturated rings. The summed E-state index contributed by atoms with van der Waals surface area (Å²) >= 11 is 0. The zero-order valence-corrected chi connectivity index (χ0v) is 12.1. The zero-order chi connectivity index (χ0) is 15.7. The molecular formula is C15H19N3O3. The minimum absolute atomic E-state index is 0.0159. The first-order chi connectivity index (χ1) is 10.1. The van der Waals surface area contributed by atoms with Crippen LogP contribution in [0.4, 0.5) is 0 Å². The summed E-state index contributed by atoms with van der Waals surface area (Å²) in [4.78, 5) is 28.6. The van der Waals surface area contributed by atoms with Crippen LogP contribution in [0.1, 0.15) is 42.2 Å². The minimum Gasteiger partial charge on any atom is -0.478 e. The molecule has 1 aromatic rings. The number of carboxylic acids is 1. The van der Waals surface area contributed by atoms with Crippen LogP contribution in [0, 0.1) is 11.3 Å². The maximum Gasteiger partial charge on any atom is 0.335 e. The molecule has 0 aliphatic carbocycles. The highest BCUT2D eigenvalue weighted by Crippen LogP contribution is 2.07. The number of pyridine rings is 1. The van der Waals surface area contributed by atoms with Crippen molar-refractivity contribution < 1.29 is 14.7 Å². The fourth-order valence-corrected chi connectivity index (χ4v) is 1.97. The molecule has 0 saturated carbocycles. The van der Waals surface area contributed by atoms with Gasteiger partial charge in [-0.1, -0.05) is 0 Å². The highest BCUT2D eigenvalue weighted by Gasteiger charge is 2.11. The van der Waals surface area contributed by atoms with Crippen LogP contribution < -0.4 is 0 Å². The Labute approximate surface area is 124 Å². The third-order valence-electron chi connectivity index (χ3n) is 3.12. The molecule has 1 heterocycles. The van der Waals surface area contributed by atoms with Crippen LogP contribution in [-0.4, -0.2) is 40.0 Å². The summed E-state index contributed by atoms with van der Waals surface area (Å²) in [6.07, 6.45) is 3.34. The van der Waals surface area contributed by atoms with Crippen molar-refractivity contribution in [3.8, 4) is 6.07 Å². The van der Waals surface area contributed by atoms with Gasteiger partial charge in [0.2, 0.25) is 5.91 Å². The van der Waals surface area contributed by atoms with Crippen molar-refractivity contribution in [3.63, 3.8) is 0 Å². The van der Waals surface area contributed by atoms with Gasteiger partial charge in [0, 0.05) is 31.4 Å². The molecule has 0 radical (unpaired) electrons. The molecule has 0 bridgehead atoms. The number of nitrogens with zero attached hydrogens (tertiary/aromatic N) is 3. The molecule has 1 amide bonds. The van der Waals surface area contributed by atoms with E-state index in [4.69, 9.17) is 10.4 Å². The van der Waals surface area contributed by atoms with Crippen LogP contribution in [0.5, 0.6) is 0 Å². The van der Waals surface area contributed by atoms with Crippen LogP contribution in [0.15, 0.2) is 18.3 Å². The summed E-state index contributed by atoms with van der Waals surface area (Å²) in [5, 5.41) is 17.4. The minimum atomic E-state index is -0.983. The lowest BCUT2D eigenvalue weighted by Crippen LogP contribution is -2.31. The predicted octanol–water partition coefficient (Wildman–Crippen LogP) is 1.86. The molecule has 0 spiro atoms. The molecule has 1 rings (SSSR count). The Morgan fingerprint density at radius 3 is 2.86 bits per heavy atom. The van der Waals surface area contributed by atoms with Crippen molar-refractivity contribution >= 4 is 11.9 Å². The third kappa shape index (κ3) is 5.61. The van der Waals surface area contributed by atoms with E-state index in [1.807, 2.05) is 13.0 Å². The van der Waals surface area contributed by atoms with Gasteiger partial charge in [0.15, 0.2) is 0 Å². The molecule has 0 aliphatic rings. The standard InChI is InChI=1S/C15H19N3O3/c1-2-18(10-4-8-16)14(19)6-3-5-13-11-12(15(20)21)7-9-17-13/h7,9,11H,2-6,10H2,1H3,(H,20,21). The summed E-state index contributed by atoms with van der Waals surface area (Å²) in [7, 11) is 0. The van der Waals surface area contributed by atoms with Crippen molar-refractivity contribution in [1.82, 2.24) is 9.88 Å². The lowest BCUT2D eigenvalue weighted by Gasteiger charge is -2.19. The number of aromatic carboxylic acids is 1. The van der Waals surface area contributed by atoms with Gasteiger partial charge in [0.1, 0.15) is 0 Å². The van der Waals surface area contributed by atoms with E-state index in [0.717, 1.165) is 0 Å². The molecular weight excluding hydrogens is 270 g/mol. The average Bonchev–Trinajstić information content (AvgIpc) is 2.48. The highest BCUT2D eigenvalue weighted by molar-refractivity contribution is 5.87. The molecule has 1 N–H and O–H groups in total. The first-order valence-corrected chi connectivity index (χ1v) is 6.91. The Hall–Kier alpha value is -2.42. The second-order valence-electron chi connectivity index (χ2n) is 4.58. The van der Waals surface area contributed by atoms with Gasteiger partial charge < -0.3 is 10.0 Å².